The van der Waals surface area contributed by atoms with E-state index in [9.17, 15) is 5.11 Å². The van der Waals surface area contributed by atoms with Gasteiger partial charge in [-0.3, -0.25) is 0 Å². The van der Waals surface area contributed by atoms with Crippen molar-refractivity contribution < 1.29 is 5.11 Å². The molecule has 0 radical (unpaired) electrons. The van der Waals surface area contributed by atoms with E-state index < -0.39 is 5.60 Å². The maximum Gasteiger partial charge on any atom is 0.0718 e. The van der Waals surface area contributed by atoms with Gasteiger partial charge in [0.1, 0.15) is 0 Å². The summed E-state index contributed by atoms with van der Waals surface area (Å²) in [6.45, 7) is 11.5. The Morgan fingerprint density at radius 3 is 2.27 bits per heavy atom. The quantitative estimate of drug-likeness (QED) is 0.740. The molecule has 0 bridgehead atoms. The zero-order valence-corrected chi connectivity index (χ0v) is 10.9. The van der Waals surface area contributed by atoms with E-state index in [0.717, 1.165) is 12.8 Å². The van der Waals surface area contributed by atoms with Gasteiger partial charge in [0.15, 0.2) is 0 Å². The van der Waals surface area contributed by atoms with Crippen LogP contribution in [0.3, 0.4) is 0 Å². The average Bonchev–Trinajstić information content (AvgIpc) is 1.99. The first-order chi connectivity index (χ1) is 6.62. The number of hydrogen-bond acceptors (Lipinski definition) is 2. The standard InChI is InChI=1S/C13H27NO/c1-10-6-11(2,3)8-13(15,7-10)12(4,5)9-14/h10,15H,6-9,14H2,1-5H3. The van der Waals surface area contributed by atoms with Crippen LogP contribution >= 0.6 is 0 Å². The molecule has 15 heavy (non-hydrogen) atoms. The second kappa shape index (κ2) is 3.74. The number of rotatable bonds is 2. The summed E-state index contributed by atoms with van der Waals surface area (Å²) in [6, 6.07) is 0. The molecule has 1 aliphatic rings. The lowest BCUT2D eigenvalue weighted by Gasteiger charge is -2.52. The smallest absolute Gasteiger partial charge is 0.0718 e. The molecule has 0 heterocycles. The monoisotopic (exact) mass is 213 g/mol. The number of nitrogens with two attached hydrogens (primary N) is 1. The van der Waals surface area contributed by atoms with Crippen LogP contribution in [0.1, 0.15) is 53.9 Å². The van der Waals surface area contributed by atoms with Crippen LogP contribution in [0.2, 0.25) is 0 Å². The lowest BCUT2D eigenvalue weighted by atomic mass is 9.58. The largest absolute Gasteiger partial charge is 0.389 e. The summed E-state index contributed by atoms with van der Waals surface area (Å²) < 4.78 is 0. The fourth-order valence-electron chi connectivity index (χ4n) is 3.23. The van der Waals surface area contributed by atoms with E-state index in [1.807, 2.05) is 0 Å². The molecule has 0 aromatic rings. The van der Waals surface area contributed by atoms with Crippen LogP contribution in [-0.2, 0) is 0 Å². The molecule has 0 aromatic heterocycles. The lowest BCUT2D eigenvalue weighted by Crippen LogP contribution is -2.54. The minimum absolute atomic E-state index is 0.182. The van der Waals surface area contributed by atoms with Crippen molar-refractivity contribution in [3.05, 3.63) is 0 Å². The Bertz CT molecular complexity index is 235. The molecule has 3 N–H and O–H groups in total. The Morgan fingerprint density at radius 2 is 1.87 bits per heavy atom. The van der Waals surface area contributed by atoms with E-state index in [-0.39, 0.29) is 10.8 Å². The molecule has 0 spiro atoms. The summed E-state index contributed by atoms with van der Waals surface area (Å²) in [5, 5.41) is 10.8. The molecule has 0 amide bonds. The van der Waals surface area contributed by atoms with E-state index in [4.69, 9.17) is 5.73 Å². The minimum atomic E-state index is -0.594. The molecule has 2 nitrogen and oxygen atoms in total. The first-order valence-electron chi connectivity index (χ1n) is 6.04. The molecule has 0 saturated heterocycles. The summed E-state index contributed by atoms with van der Waals surface area (Å²) in [7, 11) is 0. The minimum Gasteiger partial charge on any atom is -0.389 e. The summed E-state index contributed by atoms with van der Waals surface area (Å²) >= 11 is 0. The highest BCUT2D eigenvalue weighted by Crippen LogP contribution is 2.50. The number of hydrogen-bond donors (Lipinski definition) is 2. The van der Waals surface area contributed by atoms with Gasteiger partial charge < -0.3 is 10.8 Å². The maximum absolute atomic E-state index is 10.8. The van der Waals surface area contributed by atoms with Gasteiger partial charge in [-0.15, -0.1) is 0 Å². The maximum atomic E-state index is 10.8. The average molecular weight is 213 g/mol. The molecule has 1 aliphatic carbocycles. The second-order valence-corrected chi connectivity index (χ2v) is 6.97. The third kappa shape index (κ3) is 2.54. The predicted molar refractivity (Wildman–Crippen MR) is 64.6 cm³/mol. The van der Waals surface area contributed by atoms with Crippen molar-refractivity contribution in [1.82, 2.24) is 0 Å². The van der Waals surface area contributed by atoms with Gasteiger partial charge in [-0.2, -0.15) is 0 Å². The van der Waals surface area contributed by atoms with Gasteiger partial charge in [0.2, 0.25) is 0 Å². The van der Waals surface area contributed by atoms with Gasteiger partial charge in [0, 0.05) is 12.0 Å². The van der Waals surface area contributed by atoms with Crippen molar-refractivity contribution in [1.29, 1.82) is 0 Å². The Hall–Kier alpha value is -0.0800. The topological polar surface area (TPSA) is 46.2 Å². The van der Waals surface area contributed by atoms with E-state index in [1.54, 1.807) is 0 Å². The summed E-state index contributed by atoms with van der Waals surface area (Å²) in [4.78, 5) is 0. The van der Waals surface area contributed by atoms with Crippen LogP contribution in [0.15, 0.2) is 0 Å². The molecule has 2 heteroatoms. The van der Waals surface area contributed by atoms with Gasteiger partial charge in [-0.1, -0.05) is 34.6 Å². The molecule has 1 fully saturated rings. The van der Waals surface area contributed by atoms with Crippen LogP contribution in [0.25, 0.3) is 0 Å². The highest BCUT2D eigenvalue weighted by Gasteiger charge is 2.49. The van der Waals surface area contributed by atoms with Crippen molar-refractivity contribution in [3.8, 4) is 0 Å². The molecular formula is C13H27NO. The third-order valence-corrected chi connectivity index (χ3v) is 4.13. The van der Waals surface area contributed by atoms with Crippen LogP contribution in [0, 0.1) is 16.7 Å². The van der Waals surface area contributed by atoms with E-state index >= 15 is 0 Å². The lowest BCUT2D eigenvalue weighted by molar-refractivity contribution is -0.131. The summed E-state index contributed by atoms with van der Waals surface area (Å²) in [5.74, 6) is 0.588. The number of aliphatic hydroxyl groups is 1. The van der Waals surface area contributed by atoms with Gasteiger partial charge in [0.25, 0.3) is 0 Å². The van der Waals surface area contributed by atoms with Gasteiger partial charge >= 0.3 is 0 Å². The van der Waals surface area contributed by atoms with Crippen molar-refractivity contribution in [2.24, 2.45) is 22.5 Å². The Kier molecular flexibility index (Phi) is 3.24. The molecule has 2 atom stereocenters. The normalized spacial score (nSPS) is 36.6. The zero-order valence-electron chi connectivity index (χ0n) is 10.9. The molecule has 1 rings (SSSR count). The van der Waals surface area contributed by atoms with Crippen molar-refractivity contribution >= 4 is 0 Å². The Balaban J connectivity index is 2.93. The van der Waals surface area contributed by atoms with Gasteiger partial charge in [-0.25, -0.2) is 0 Å². The molecule has 90 valence electrons. The summed E-state index contributed by atoms with van der Waals surface area (Å²) in [6.07, 6.45) is 2.96. The van der Waals surface area contributed by atoms with E-state index in [2.05, 4.69) is 34.6 Å². The third-order valence-electron chi connectivity index (χ3n) is 4.13. The zero-order chi connectivity index (χ0) is 11.9. The second-order valence-electron chi connectivity index (χ2n) is 6.97. The van der Waals surface area contributed by atoms with Crippen molar-refractivity contribution in [2.75, 3.05) is 6.54 Å². The van der Waals surface area contributed by atoms with Crippen LogP contribution in [0.5, 0.6) is 0 Å². The molecular weight excluding hydrogens is 186 g/mol. The van der Waals surface area contributed by atoms with Crippen molar-refractivity contribution in [3.63, 3.8) is 0 Å². The highest BCUT2D eigenvalue weighted by molar-refractivity contribution is 5.01. The van der Waals surface area contributed by atoms with Crippen LogP contribution < -0.4 is 5.73 Å². The fourth-order valence-corrected chi connectivity index (χ4v) is 3.23. The van der Waals surface area contributed by atoms with Crippen molar-refractivity contribution in [2.45, 2.75) is 59.5 Å². The SMILES string of the molecule is CC1CC(C)(C)CC(O)(C(C)(C)CN)C1. The van der Waals surface area contributed by atoms with Gasteiger partial charge in [0.05, 0.1) is 5.60 Å². The molecule has 2 unspecified atom stereocenters. The van der Waals surface area contributed by atoms with Gasteiger partial charge in [-0.05, 0) is 30.6 Å². The predicted octanol–water partition coefficient (Wildman–Crippen LogP) is 2.55. The van der Waals surface area contributed by atoms with E-state index in [1.165, 1.54) is 6.42 Å². The fraction of sp³-hybridized carbons (Fsp3) is 1.00. The van der Waals surface area contributed by atoms with Crippen LogP contribution in [-0.4, -0.2) is 17.3 Å². The first-order valence-corrected chi connectivity index (χ1v) is 6.04. The first kappa shape index (κ1) is 13.0. The molecule has 0 aromatic carbocycles. The molecule has 1 saturated carbocycles. The van der Waals surface area contributed by atoms with Crippen LogP contribution in [0.4, 0.5) is 0 Å². The Labute approximate surface area is 94.2 Å². The summed E-state index contributed by atoms with van der Waals surface area (Å²) in [5.41, 5.74) is 5.26. The van der Waals surface area contributed by atoms with E-state index in [0.29, 0.717) is 12.5 Å². The highest BCUT2D eigenvalue weighted by atomic mass is 16.3. The Morgan fingerprint density at radius 1 is 1.33 bits per heavy atom. The molecule has 0 aliphatic heterocycles.